The van der Waals surface area contributed by atoms with Crippen molar-refractivity contribution in [1.82, 2.24) is 14.7 Å². The predicted octanol–water partition coefficient (Wildman–Crippen LogP) is 4.49. The molecule has 1 unspecified atom stereocenters. The summed E-state index contributed by atoms with van der Waals surface area (Å²) in [5.74, 6) is 0.626. The van der Waals surface area contributed by atoms with Crippen LogP contribution in [-0.4, -0.2) is 59.1 Å². The summed E-state index contributed by atoms with van der Waals surface area (Å²) in [6.07, 6.45) is 1.71. The molecule has 174 valence electrons. The van der Waals surface area contributed by atoms with Crippen LogP contribution in [0.25, 0.3) is 0 Å². The van der Waals surface area contributed by atoms with Crippen LogP contribution < -0.4 is 5.32 Å². The van der Waals surface area contributed by atoms with Crippen molar-refractivity contribution in [1.29, 1.82) is 0 Å². The Morgan fingerprint density at radius 1 is 1.26 bits per heavy atom. The van der Waals surface area contributed by atoms with E-state index in [0.717, 1.165) is 43.2 Å². The molecule has 3 atom stereocenters. The van der Waals surface area contributed by atoms with E-state index in [9.17, 15) is 18.0 Å². The molecular formula is C22H33F3N4O2. The summed E-state index contributed by atoms with van der Waals surface area (Å²) in [6.45, 7) is 3.14. The van der Waals surface area contributed by atoms with E-state index in [2.05, 4.69) is 10.4 Å². The Balaban J connectivity index is 1.47. The molecule has 3 aliphatic rings. The molecule has 31 heavy (non-hydrogen) atoms. The van der Waals surface area contributed by atoms with Crippen LogP contribution >= 0.6 is 0 Å². The van der Waals surface area contributed by atoms with Gasteiger partial charge in [-0.3, -0.25) is 4.79 Å². The van der Waals surface area contributed by atoms with Gasteiger partial charge in [0.05, 0.1) is 11.8 Å². The number of nitrogens with zero attached hydrogens (tertiary/aromatic N) is 3. The van der Waals surface area contributed by atoms with E-state index in [1.165, 1.54) is 0 Å². The maximum Gasteiger partial charge on any atom is 0.410 e. The molecule has 0 spiro atoms. The number of hydrogen-bond acceptors (Lipinski definition) is 4. The number of piperidine rings is 1. The molecule has 4 rings (SSSR count). The monoisotopic (exact) mass is 442 g/mol. The molecule has 6 nitrogen and oxygen atoms in total. The molecule has 1 saturated heterocycles. The first kappa shape index (κ1) is 22.4. The highest BCUT2D eigenvalue weighted by Crippen LogP contribution is 2.41. The van der Waals surface area contributed by atoms with Gasteiger partial charge in [0.2, 0.25) is 5.91 Å². The number of amides is 1. The lowest BCUT2D eigenvalue weighted by Crippen LogP contribution is -2.43. The van der Waals surface area contributed by atoms with Crippen LogP contribution in [-0.2, 0) is 9.53 Å². The fourth-order valence-electron chi connectivity index (χ4n) is 5.36. The van der Waals surface area contributed by atoms with Gasteiger partial charge in [0.15, 0.2) is 6.04 Å². The lowest BCUT2D eigenvalue weighted by molar-refractivity contribution is -0.173. The Hall–Kier alpha value is -1.77. The van der Waals surface area contributed by atoms with E-state index in [1.54, 1.807) is 13.2 Å². The highest BCUT2D eigenvalue weighted by atomic mass is 19.4. The molecule has 1 aromatic heterocycles. The zero-order valence-corrected chi connectivity index (χ0v) is 18.3. The minimum atomic E-state index is -4.33. The maximum atomic E-state index is 13.7. The number of aromatic nitrogens is 2. The van der Waals surface area contributed by atoms with Crippen LogP contribution in [0.1, 0.15) is 75.9 Å². The first-order valence-electron chi connectivity index (χ1n) is 11.5. The standard InChI is InChI=1S/C22H33F3N4O2/c1-3-16-11-19(22(23,24)25)29-20(26-16)12-18(27-29)15-5-4-10-28(13-15)21(30)14-6-8-17(31-2)9-7-14/h12,14-17,19,26H,3-11,13H2,1-2H3/t14?,15?,16-,17?,19-/m1/s1. The molecule has 0 aromatic carbocycles. The van der Waals surface area contributed by atoms with Crippen LogP contribution in [0, 0.1) is 5.92 Å². The minimum absolute atomic E-state index is 0.00640. The number of hydrogen-bond donors (Lipinski definition) is 1. The third-order valence-electron chi connectivity index (χ3n) is 7.29. The molecule has 1 aliphatic carbocycles. The van der Waals surface area contributed by atoms with E-state index in [-0.39, 0.29) is 36.3 Å². The SMILES string of the molecule is CC[C@@H]1C[C@H](C(F)(F)F)n2nc(C3CCCN(C(=O)C4CCC(OC)CC4)C3)cc2N1. The van der Waals surface area contributed by atoms with Crippen LogP contribution in [0.4, 0.5) is 19.0 Å². The highest BCUT2D eigenvalue weighted by molar-refractivity contribution is 5.79. The van der Waals surface area contributed by atoms with E-state index in [1.807, 2.05) is 11.8 Å². The van der Waals surface area contributed by atoms with Crippen LogP contribution in [0.2, 0.25) is 0 Å². The molecule has 2 aliphatic heterocycles. The fraction of sp³-hybridized carbons (Fsp3) is 0.818. The second kappa shape index (κ2) is 9.00. The fourth-order valence-corrected chi connectivity index (χ4v) is 5.36. The van der Waals surface area contributed by atoms with E-state index < -0.39 is 12.2 Å². The Morgan fingerprint density at radius 2 is 2.00 bits per heavy atom. The van der Waals surface area contributed by atoms with Crippen molar-refractivity contribution < 1.29 is 22.7 Å². The van der Waals surface area contributed by atoms with Gasteiger partial charge in [-0.1, -0.05) is 6.92 Å². The lowest BCUT2D eigenvalue weighted by atomic mass is 9.85. The van der Waals surface area contributed by atoms with Crippen LogP contribution in [0.5, 0.6) is 0 Å². The van der Waals surface area contributed by atoms with E-state index in [0.29, 0.717) is 31.0 Å². The van der Waals surface area contributed by atoms with Gasteiger partial charge in [-0.25, -0.2) is 4.68 Å². The molecule has 3 heterocycles. The summed E-state index contributed by atoms with van der Waals surface area (Å²) < 4.78 is 47.5. The summed E-state index contributed by atoms with van der Waals surface area (Å²) in [5, 5.41) is 7.61. The van der Waals surface area contributed by atoms with Gasteiger partial charge >= 0.3 is 6.18 Å². The van der Waals surface area contributed by atoms with Crippen molar-refractivity contribution in [2.45, 2.75) is 88.6 Å². The number of alkyl halides is 3. The largest absolute Gasteiger partial charge is 0.410 e. The summed E-state index contributed by atoms with van der Waals surface area (Å²) >= 11 is 0. The number of likely N-dealkylation sites (tertiary alicyclic amines) is 1. The number of rotatable bonds is 4. The Labute approximate surface area is 181 Å². The second-order valence-electron chi connectivity index (χ2n) is 9.27. The molecular weight excluding hydrogens is 409 g/mol. The summed E-state index contributed by atoms with van der Waals surface area (Å²) in [6, 6.07) is -0.0433. The van der Waals surface area contributed by atoms with Crippen molar-refractivity contribution in [3.05, 3.63) is 11.8 Å². The normalized spacial score (nSPS) is 31.8. The zero-order chi connectivity index (χ0) is 22.2. The summed E-state index contributed by atoms with van der Waals surface area (Å²) in [7, 11) is 1.72. The summed E-state index contributed by atoms with van der Waals surface area (Å²) in [4.78, 5) is 15.0. The van der Waals surface area contributed by atoms with Gasteiger partial charge in [0.25, 0.3) is 0 Å². The molecule has 0 radical (unpaired) electrons. The first-order chi connectivity index (χ1) is 14.8. The molecule has 1 N–H and O–H groups in total. The number of carbonyl (C=O) groups is 1. The Kier molecular flexibility index (Phi) is 6.51. The average Bonchev–Trinajstić information content (AvgIpc) is 3.21. The Bertz CT molecular complexity index is 773. The smallest absolute Gasteiger partial charge is 0.381 e. The van der Waals surface area contributed by atoms with E-state index in [4.69, 9.17) is 4.74 Å². The Morgan fingerprint density at radius 3 is 2.65 bits per heavy atom. The first-order valence-corrected chi connectivity index (χ1v) is 11.5. The number of methoxy groups -OCH3 is 1. The van der Waals surface area contributed by atoms with Gasteiger partial charge in [-0.15, -0.1) is 0 Å². The number of ether oxygens (including phenoxy) is 1. The van der Waals surface area contributed by atoms with Gasteiger partial charge in [0.1, 0.15) is 5.82 Å². The van der Waals surface area contributed by atoms with Crippen molar-refractivity contribution in [2.75, 3.05) is 25.5 Å². The minimum Gasteiger partial charge on any atom is -0.381 e. The van der Waals surface area contributed by atoms with Crippen LogP contribution in [0.15, 0.2) is 6.07 Å². The molecule has 0 bridgehead atoms. The second-order valence-corrected chi connectivity index (χ2v) is 9.27. The van der Waals surface area contributed by atoms with Gasteiger partial charge < -0.3 is 15.0 Å². The van der Waals surface area contributed by atoms with Crippen molar-refractivity contribution in [2.24, 2.45) is 5.92 Å². The van der Waals surface area contributed by atoms with Crippen molar-refractivity contribution in [3.63, 3.8) is 0 Å². The van der Waals surface area contributed by atoms with E-state index >= 15 is 0 Å². The number of nitrogens with one attached hydrogen (secondary N) is 1. The highest BCUT2D eigenvalue weighted by Gasteiger charge is 2.46. The zero-order valence-electron chi connectivity index (χ0n) is 18.3. The average molecular weight is 443 g/mol. The molecule has 1 aromatic rings. The third-order valence-corrected chi connectivity index (χ3v) is 7.29. The third kappa shape index (κ3) is 4.71. The molecule has 2 fully saturated rings. The molecule has 1 saturated carbocycles. The molecule has 9 heteroatoms. The van der Waals surface area contributed by atoms with Crippen LogP contribution in [0.3, 0.4) is 0 Å². The summed E-state index contributed by atoms with van der Waals surface area (Å²) in [5.41, 5.74) is 0.661. The van der Waals surface area contributed by atoms with Gasteiger partial charge in [-0.05, 0) is 51.4 Å². The number of halogens is 3. The topological polar surface area (TPSA) is 59.4 Å². The lowest BCUT2D eigenvalue weighted by Gasteiger charge is -2.36. The van der Waals surface area contributed by atoms with Gasteiger partial charge in [0, 0.05) is 44.1 Å². The number of anilines is 1. The predicted molar refractivity (Wildman–Crippen MR) is 111 cm³/mol. The number of carbonyl (C=O) groups excluding carboxylic acids is 1. The van der Waals surface area contributed by atoms with Crippen molar-refractivity contribution >= 4 is 11.7 Å². The number of fused-ring (bicyclic) bond motifs is 1. The van der Waals surface area contributed by atoms with Crippen molar-refractivity contribution in [3.8, 4) is 0 Å². The quantitative estimate of drug-likeness (QED) is 0.746. The molecule has 1 amide bonds. The maximum absolute atomic E-state index is 13.7. The van der Waals surface area contributed by atoms with Gasteiger partial charge in [-0.2, -0.15) is 18.3 Å².